The van der Waals surface area contributed by atoms with Gasteiger partial charge in [0.05, 0.1) is 24.5 Å². The second-order valence-corrected chi connectivity index (χ2v) is 8.02. The maximum absolute atomic E-state index is 14.0. The Morgan fingerprint density at radius 1 is 0.941 bits per heavy atom. The minimum absolute atomic E-state index is 0.0898. The second kappa shape index (κ2) is 10.8. The van der Waals surface area contributed by atoms with Crippen molar-refractivity contribution in [3.63, 3.8) is 0 Å². The van der Waals surface area contributed by atoms with E-state index in [-0.39, 0.29) is 17.2 Å². The second-order valence-electron chi connectivity index (χ2n) is 8.02. The number of rotatable bonds is 6. The molecule has 1 aliphatic carbocycles. The van der Waals surface area contributed by atoms with Crippen LogP contribution in [-0.4, -0.2) is 23.2 Å². The number of hydrogen-bond acceptors (Lipinski definition) is 3. The van der Waals surface area contributed by atoms with Crippen LogP contribution < -0.4 is 15.0 Å². The van der Waals surface area contributed by atoms with Gasteiger partial charge in [0, 0.05) is 24.0 Å². The zero-order valence-electron chi connectivity index (χ0n) is 18.8. The quantitative estimate of drug-likeness (QED) is 0.452. The summed E-state index contributed by atoms with van der Waals surface area (Å²) in [6, 6.07) is 11.9. The highest BCUT2D eigenvalue weighted by atomic mass is 19.1. The SMILES string of the molecule is COc1cccc(/C=C/c2[nH]cccc[nH]c(=O)c2-c2cc(F)cc(F)c2)c1OC1CCCC1. The Hall–Kier alpha value is -3.87. The first-order valence-corrected chi connectivity index (χ1v) is 11.2. The lowest BCUT2D eigenvalue weighted by molar-refractivity contribution is 0.200. The molecular weight excluding hydrogens is 438 g/mol. The van der Waals surface area contributed by atoms with Crippen molar-refractivity contribution in [1.82, 2.24) is 9.97 Å². The van der Waals surface area contributed by atoms with Crippen molar-refractivity contribution in [2.24, 2.45) is 0 Å². The maximum Gasteiger partial charge on any atom is 0.257 e. The Balaban J connectivity index is 1.85. The van der Waals surface area contributed by atoms with E-state index in [0.717, 1.165) is 49.4 Å². The molecule has 1 heterocycles. The van der Waals surface area contributed by atoms with Crippen LogP contribution in [0.2, 0.25) is 0 Å². The Morgan fingerprint density at radius 3 is 2.35 bits per heavy atom. The number of methoxy groups -OCH3 is 1. The van der Waals surface area contributed by atoms with E-state index in [0.29, 0.717) is 17.2 Å². The molecule has 176 valence electrons. The Labute approximate surface area is 196 Å². The van der Waals surface area contributed by atoms with Crippen LogP contribution in [0.1, 0.15) is 36.9 Å². The molecule has 0 unspecified atom stereocenters. The topological polar surface area (TPSA) is 67.1 Å². The number of para-hydroxylation sites is 1. The number of nitrogens with one attached hydrogen (secondary N) is 2. The van der Waals surface area contributed by atoms with Gasteiger partial charge in [0.25, 0.3) is 5.56 Å². The molecule has 0 saturated heterocycles. The van der Waals surface area contributed by atoms with Gasteiger partial charge in [0.15, 0.2) is 11.5 Å². The molecule has 1 fully saturated rings. The summed E-state index contributed by atoms with van der Waals surface area (Å²) in [5.41, 5.74) is 0.806. The van der Waals surface area contributed by atoms with Gasteiger partial charge in [0.2, 0.25) is 0 Å². The molecular formula is C27H26F2N2O3. The average molecular weight is 465 g/mol. The zero-order chi connectivity index (χ0) is 23.9. The fraction of sp³-hybridized carbons (Fsp3) is 0.222. The van der Waals surface area contributed by atoms with E-state index in [1.165, 1.54) is 6.20 Å². The molecule has 0 bridgehead atoms. The Bertz CT molecular complexity index is 1270. The van der Waals surface area contributed by atoms with Crippen LogP contribution in [0.5, 0.6) is 11.5 Å². The molecule has 1 aliphatic rings. The van der Waals surface area contributed by atoms with Crippen molar-refractivity contribution < 1.29 is 18.3 Å². The number of hydrogen-bond donors (Lipinski definition) is 2. The standard InChI is InChI=1S/C27H26F2N2O3/c1-33-24-10-6-7-18(26(24)34-22-8-2-3-9-22)11-12-23-25(19-15-20(28)17-21(29)16-19)27(32)31-14-5-4-13-30-23/h4-7,10-17,22,30H,2-3,8-9H2,1H3,(H,31,32)/b12-11+,13-4?,14-5?,25-23?. The largest absolute Gasteiger partial charge is 0.493 e. The lowest BCUT2D eigenvalue weighted by Crippen LogP contribution is -2.12. The van der Waals surface area contributed by atoms with E-state index in [9.17, 15) is 13.6 Å². The predicted octanol–water partition coefficient (Wildman–Crippen LogP) is 6.27. The number of aromatic amines is 2. The fourth-order valence-electron chi connectivity index (χ4n) is 4.05. The molecule has 5 nitrogen and oxygen atoms in total. The average Bonchev–Trinajstić information content (AvgIpc) is 3.34. The highest BCUT2D eigenvalue weighted by Crippen LogP contribution is 2.36. The van der Waals surface area contributed by atoms with Gasteiger partial charge in [-0.2, -0.15) is 0 Å². The molecule has 2 aromatic carbocycles. The van der Waals surface area contributed by atoms with E-state index in [4.69, 9.17) is 9.47 Å². The number of H-pyrrole nitrogens is 2. The van der Waals surface area contributed by atoms with E-state index < -0.39 is 17.2 Å². The molecule has 0 radical (unpaired) electrons. The normalized spacial score (nSPS) is 13.7. The summed E-state index contributed by atoms with van der Waals surface area (Å²) in [5, 5.41) is 0. The highest BCUT2D eigenvalue weighted by molar-refractivity contribution is 5.80. The fourth-order valence-corrected chi connectivity index (χ4v) is 4.05. The van der Waals surface area contributed by atoms with Crippen LogP contribution >= 0.6 is 0 Å². The third kappa shape index (κ3) is 5.54. The summed E-state index contributed by atoms with van der Waals surface area (Å²) < 4.78 is 39.8. The molecule has 0 atom stereocenters. The molecule has 0 amide bonds. The van der Waals surface area contributed by atoms with Crippen LogP contribution in [-0.2, 0) is 0 Å². The van der Waals surface area contributed by atoms with Gasteiger partial charge >= 0.3 is 0 Å². The van der Waals surface area contributed by atoms with E-state index >= 15 is 0 Å². The van der Waals surface area contributed by atoms with Crippen molar-refractivity contribution in [3.05, 3.63) is 94.2 Å². The van der Waals surface area contributed by atoms with Crippen molar-refractivity contribution in [2.75, 3.05) is 7.11 Å². The third-order valence-corrected chi connectivity index (χ3v) is 5.65. The minimum atomic E-state index is -0.773. The van der Waals surface area contributed by atoms with Gasteiger partial charge < -0.3 is 19.4 Å². The van der Waals surface area contributed by atoms with Crippen molar-refractivity contribution in [2.45, 2.75) is 31.8 Å². The van der Waals surface area contributed by atoms with Gasteiger partial charge in [0.1, 0.15) is 11.6 Å². The lowest BCUT2D eigenvalue weighted by Gasteiger charge is -2.18. The predicted molar refractivity (Wildman–Crippen MR) is 129 cm³/mol. The van der Waals surface area contributed by atoms with Gasteiger partial charge in [-0.3, -0.25) is 4.79 Å². The van der Waals surface area contributed by atoms with Gasteiger partial charge in [-0.15, -0.1) is 0 Å². The Kier molecular flexibility index (Phi) is 7.42. The van der Waals surface area contributed by atoms with Crippen LogP contribution in [0.4, 0.5) is 8.78 Å². The van der Waals surface area contributed by atoms with E-state index in [2.05, 4.69) is 9.97 Å². The molecule has 7 heteroatoms. The van der Waals surface area contributed by atoms with Crippen molar-refractivity contribution in [1.29, 1.82) is 0 Å². The summed E-state index contributed by atoms with van der Waals surface area (Å²) in [6.45, 7) is 0. The molecule has 1 saturated carbocycles. The van der Waals surface area contributed by atoms with Crippen LogP contribution in [0, 0.1) is 11.6 Å². The van der Waals surface area contributed by atoms with E-state index in [1.807, 2.05) is 18.2 Å². The summed E-state index contributed by atoms with van der Waals surface area (Å²) in [4.78, 5) is 18.6. The Morgan fingerprint density at radius 2 is 1.65 bits per heavy atom. The first kappa shape index (κ1) is 23.3. The molecule has 3 aromatic rings. The highest BCUT2D eigenvalue weighted by Gasteiger charge is 2.20. The first-order valence-electron chi connectivity index (χ1n) is 11.2. The van der Waals surface area contributed by atoms with E-state index in [1.54, 1.807) is 37.6 Å². The molecule has 0 aliphatic heterocycles. The summed E-state index contributed by atoms with van der Waals surface area (Å²) >= 11 is 0. The smallest absolute Gasteiger partial charge is 0.257 e. The monoisotopic (exact) mass is 464 g/mol. The zero-order valence-corrected chi connectivity index (χ0v) is 18.8. The van der Waals surface area contributed by atoms with Gasteiger partial charge in [-0.25, -0.2) is 8.78 Å². The van der Waals surface area contributed by atoms with Crippen molar-refractivity contribution in [3.8, 4) is 22.6 Å². The molecule has 34 heavy (non-hydrogen) atoms. The van der Waals surface area contributed by atoms with Crippen LogP contribution in [0.3, 0.4) is 0 Å². The number of ether oxygens (including phenoxy) is 2. The first-order chi connectivity index (χ1) is 16.5. The summed E-state index contributed by atoms with van der Waals surface area (Å²) in [5.74, 6) is -0.314. The molecule has 2 N–H and O–H groups in total. The maximum atomic E-state index is 14.0. The van der Waals surface area contributed by atoms with Crippen molar-refractivity contribution >= 4 is 12.2 Å². The van der Waals surface area contributed by atoms with Gasteiger partial charge in [-0.05, 0) is 73.7 Å². The van der Waals surface area contributed by atoms with Gasteiger partial charge in [-0.1, -0.05) is 12.1 Å². The number of halogens is 2. The minimum Gasteiger partial charge on any atom is -0.493 e. The summed E-state index contributed by atoms with van der Waals surface area (Å²) in [6.07, 6.45) is 10.9. The summed E-state index contributed by atoms with van der Waals surface area (Å²) in [7, 11) is 1.59. The molecule has 1 aromatic heterocycles. The van der Waals surface area contributed by atoms with Crippen LogP contribution in [0.25, 0.3) is 23.3 Å². The molecule has 0 spiro atoms. The van der Waals surface area contributed by atoms with Crippen LogP contribution in [0.15, 0.2) is 65.7 Å². The number of benzene rings is 2. The molecule has 4 rings (SSSR count). The lowest BCUT2D eigenvalue weighted by atomic mass is 10.0. The third-order valence-electron chi connectivity index (χ3n) is 5.65. The number of aromatic nitrogens is 2.